The summed E-state index contributed by atoms with van der Waals surface area (Å²) in [7, 11) is 0. The number of hydrogen-bond acceptors (Lipinski definition) is 0. The van der Waals surface area contributed by atoms with Crippen LogP contribution in [0.15, 0.2) is 194 Å². The van der Waals surface area contributed by atoms with Gasteiger partial charge in [-0.2, -0.15) is 0 Å². The second-order valence-corrected chi connectivity index (χ2v) is 13.2. The summed E-state index contributed by atoms with van der Waals surface area (Å²) >= 11 is 0. The Morgan fingerprint density at radius 2 is 0.600 bits per heavy atom. The van der Waals surface area contributed by atoms with Gasteiger partial charge < -0.3 is 0 Å². The van der Waals surface area contributed by atoms with Crippen LogP contribution in [0.4, 0.5) is 0 Å². The van der Waals surface area contributed by atoms with Gasteiger partial charge in [-0.3, -0.25) is 0 Å². The maximum Gasteiger partial charge on any atom is -0.00201 e. The van der Waals surface area contributed by atoms with E-state index in [2.05, 4.69) is 194 Å². The highest BCUT2D eigenvalue weighted by molar-refractivity contribution is 6.24. The summed E-state index contributed by atoms with van der Waals surface area (Å²) in [6, 6.07) is 71.2. The Hall–Kier alpha value is -6.50. The number of hydrogen-bond donors (Lipinski definition) is 0. The molecule has 0 saturated carbocycles. The largest absolute Gasteiger partial charge is 0.0622 e. The first-order chi connectivity index (χ1) is 24.8. The first-order valence-corrected chi connectivity index (χ1v) is 17.4. The Kier molecular flexibility index (Phi) is 6.60. The molecule has 0 radical (unpaired) electrons. The van der Waals surface area contributed by atoms with Crippen LogP contribution in [0.25, 0.3) is 98.4 Å². The second kappa shape index (κ2) is 11.6. The normalized spacial score (nSPS) is 11.6. The van der Waals surface area contributed by atoms with Gasteiger partial charge >= 0.3 is 0 Å². The molecule has 0 heteroatoms. The fourth-order valence-electron chi connectivity index (χ4n) is 8.23. The highest BCUT2D eigenvalue weighted by Gasteiger charge is 2.19. The van der Waals surface area contributed by atoms with E-state index in [1.54, 1.807) is 0 Å². The fourth-order valence-corrected chi connectivity index (χ4v) is 8.23. The second-order valence-electron chi connectivity index (χ2n) is 13.2. The first-order valence-electron chi connectivity index (χ1n) is 17.4. The van der Waals surface area contributed by atoms with Crippen molar-refractivity contribution in [2.75, 3.05) is 0 Å². The lowest BCUT2D eigenvalue weighted by Gasteiger charge is -2.20. The lowest BCUT2D eigenvalue weighted by atomic mass is 9.83. The van der Waals surface area contributed by atoms with Gasteiger partial charge in [-0.05, 0) is 104 Å². The summed E-state index contributed by atoms with van der Waals surface area (Å²) in [6.07, 6.45) is 0. The van der Waals surface area contributed by atoms with Crippen molar-refractivity contribution in [1.29, 1.82) is 0 Å². The van der Waals surface area contributed by atoms with Crippen LogP contribution in [0.3, 0.4) is 0 Å². The molecule has 0 nitrogen and oxygen atoms in total. The summed E-state index contributed by atoms with van der Waals surface area (Å²) in [5.74, 6) is 0. The zero-order chi connectivity index (χ0) is 33.0. The van der Waals surface area contributed by atoms with Gasteiger partial charge in [0.25, 0.3) is 0 Å². The summed E-state index contributed by atoms with van der Waals surface area (Å²) in [5, 5.41) is 12.7. The molecule has 0 saturated heterocycles. The van der Waals surface area contributed by atoms with Crippen LogP contribution in [0, 0.1) is 0 Å². The first kappa shape index (κ1) is 28.5. The van der Waals surface area contributed by atoms with E-state index in [0.717, 1.165) is 0 Å². The molecule has 0 amide bonds. The predicted molar refractivity (Wildman–Crippen MR) is 216 cm³/mol. The van der Waals surface area contributed by atoms with Gasteiger partial charge in [-0.15, -0.1) is 0 Å². The SMILES string of the molecule is c1ccc(-c2ccc(-c3c4ccccc4c(-c4ccc(-c5cc6ccccc6c6ccccc56)cc4)c4ccccc34)c3ccccc23)cc1. The van der Waals surface area contributed by atoms with Crippen molar-refractivity contribution < 1.29 is 0 Å². The molecule has 0 atom stereocenters. The summed E-state index contributed by atoms with van der Waals surface area (Å²) in [6.45, 7) is 0. The number of benzene rings is 10. The van der Waals surface area contributed by atoms with Crippen molar-refractivity contribution in [3.8, 4) is 44.5 Å². The molecule has 10 aromatic rings. The van der Waals surface area contributed by atoms with Gasteiger partial charge in [0.1, 0.15) is 0 Å². The van der Waals surface area contributed by atoms with Crippen molar-refractivity contribution in [3.05, 3.63) is 194 Å². The molecule has 232 valence electrons. The standard InChI is InChI=1S/C50H32/c1-2-14-33(15-3-1)38-30-31-47(41-20-8-6-19-40(38)41)50-45-24-12-10-22-43(45)49(44-23-11-13-25-46(44)50)35-28-26-34(27-29-35)48-32-36-16-4-5-17-37(36)39-18-7-9-21-42(39)48/h1-32H. The molecule has 10 rings (SSSR count). The van der Waals surface area contributed by atoms with Gasteiger partial charge in [-0.25, -0.2) is 0 Å². The zero-order valence-corrected chi connectivity index (χ0v) is 27.5. The van der Waals surface area contributed by atoms with Crippen LogP contribution < -0.4 is 0 Å². The van der Waals surface area contributed by atoms with Crippen LogP contribution in [0.1, 0.15) is 0 Å². The fraction of sp³-hybridized carbons (Fsp3) is 0. The van der Waals surface area contributed by atoms with Crippen LogP contribution >= 0.6 is 0 Å². The van der Waals surface area contributed by atoms with Gasteiger partial charge in [0.15, 0.2) is 0 Å². The van der Waals surface area contributed by atoms with E-state index < -0.39 is 0 Å². The van der Waals surface area contributed by atoms with Crippen LogP contribution in [0.5, 0.6) is 0 Å². The van der Waals surface area contributed by atoms with E-state index in [1.165, 1.54) is 98.4 Å². The third-order valence-electron chi connectivity index (χ3n) is 10.5. The molecule has 0 aromatic heterocycles. The van der Waals surface area contributed by atoms with Crippen molar-refractivity contribution >= 4 is 53.9 Å². The lowest BCUT2D eigenvalue weighted by Crippen LogP contribution is -1.92. The molecular formula is C50H32. The molecule has 0 aliphatic rings. The van der Waals surface area contributed by atoms with Gasteiger partial charge in [-0.1, -0.05) is 188 Å². The quantitative estimate of drug-likeness (QED) is 0.134. The van der Waals surface area contributed by atoms with Gasteiger partial charge in [0, 0.05) is 0 Å². The minimum atomic E-state index is 1.22. The predicted octanol–water partition coefficient (Wildman–Crippen LogP) is 14.1. The molecular weight excluding hydrogens is 601 g/mol. The number of fused-ring (bicyclic) bond motifs is 6. The molecule has 0 aliphatic carbocycles. The summed E-state index contributed by atoms with van der Waals surface area (Å²) in [4.78, 5) is 0. The Labute approximate surface area is 291 Å². The Bertz CT molecular complexity index is 2840. The van der Waals surface area contributed by atoms with E-state index in [0.29, 0.717) is 0 Å². The molecule has 0 spiro atoms. The lowest BCUT2D eigenvalue weighted by molar-refractivity contribution is 1.63. The molecule has 0 fully saturated rings. The van der Waals surface area contributed by atoms with Gasteiger partial charge in [0.2, 0.25) is 0 Å². The molecule has 0 bridgehead atoms. The van der Waals surface area contributed by atoms with Crippen LogP contribution in [-0.2, 0) is 0 Å². The summed E-state index contributed by atoms with van der Waals surface area (Å²) in [5.41, 5.74) is 10.0. The topological polar surface area (TPSA) is 0 Å². The van der Waals surface area contributed by atoms with Crippen molar-refractivity contribution in [2.45, 2.75) is 0 Å². The summed E-state index contributed by atoms with van der Waals surface area (Å²) < 4.78 is 0. The molecule has 10 aromatic carbocycles. The third-order valence-corrected chi connectivity index (χ3v) is 10.5. The van der Waals surface area contributed by atoms with Crippen molar-refractivity contribution in [2.24, 2.45) is 0 Å². The maximum atomic E-state index is 2.35. The highest BCUT2D eigenvalue weighted by Crippen LogP contribution is 2.47. The molecule has 0 N–H and O–H groups in total. The zero-order valence-electron chi connectivity index (χ0n) is 27.5. The maximum absolute atomic E-state index is 2.35. The molecule has 50 heavy (non-hydrogen) atoms. The van der Waals surface area contributed by atoms with E-state index in [9.17, 15) is 0 Å². The molecule has 0 unspecified atom stereocenters. The van der Waals surface area contributed by atoms with Crippen LogP contribution in [-0.4, -0.2) is 0 Å². The Balaban J connectivity index is 1.19. The average Bonchev–Trinajstić information content (AvgIpc) is 3.20. The molecule has 0 aliphatic heterocycles. The van der Waals surface area contributed by atoms with Crippen LogP contribution in [0.2, 0.25) is 0 Å². The minimum Gasteiger partial charge on any atom is -0.0622 e. The van der Waals surface area contributed by atoms with Crippen molar-refractivity contribution in [3.63, 3.8) is 0 Å². The Morgan fingerprint density at radius 3 is 1.22 bits per heavy atom. The van der Waals surface area contributed by atoms with E-state index in [4.69, 9.17) is 0 Å². The highest BCUT2D eigenvalue weighted by atomic mass is 14.2. The smallest absolute Gasteiger partial charge is 0.00201 e. The minimum absolute atomic E-state index is 1.22. The molecule has 0 heterocycles. The van der Waals surface area contributed by atoms with Gasteiger partial charge in [0.05, 0.1) is 0 Å². The number of rotatable bonds is 4. The van der Waals surface area contributed by atoms with E-state index in [-0.39, 0.29) is 0 Å². The monoisotopic (exact) mass is 632 g/mol. The Morgan fingerprint density at radius 1 is 0.200 bits per heavy atom. The third kappa shape index (κ3) is 4.46. The average molecular weight is 633 g/mol. The van der Waals surface area contributed by atoms with E-state index >= 15 is 0 Å². The van der Waals surface area contributed by atoms with E-state index in [1.807, 2.05) is 0 Å². The van der Waals surface area contributed by atoms with Crippen molar-refractivity contribution in [1.82, 2.24) is 0 Å².